The van der Waals surface area contributed by atoms with Crippen molar-refractivity contribution in [1.29, 1.82) is 0 Å². The fraction of sp³-hybridized carbons (Fsp3) is 1.00. The van der Waals surface area contributed by atoms with Gasteiger partial charge in [-0.1, -0.05) is 0 Å². The Labute approximate surface area is 117 Å². The molecule has 1 aliphatic rings. The molecule has 0 aromatic carbocycles. The number of ether oxygens (including phenoxy) is 2. The molecule has 5 nitrogen and oxygen atoms in total. The van der Waals surface area contributed by atoms with Gasteiger partial charge in [0, 0.05) is 52.4 Å². The third kappa shape index (κ3) is 6.68. The molecule has 1 saturated heterocycles. The van der Waals surface area contributed by atoms with Crippen molar-refractivity contribution in [2.45, 2.75) is 44.9 Å². The smallest absolute Gasteiger partial charge is 0.0826 e. The van der Waals surface area contributed by atoms with Crippen LogP contribution in [0.15, 0.2) is 0 Å². The largest absolute Gasteiger partial charge is 0.389 e. The van der Waals surface area contributed by atoms with E-state index in [0.29, 0.717) is 25.6 Å². The third-order valence-electron chi connectivity index (χ3n) is 3.62. The van der Waals surface area contributed by atoms with Crippen molar-refractivity contribution < 1.29 is 14.6 Å². The number of nitrogens with zero attached hydrogens (tertiary/aromatic N) is 1. The first kappa shape index (κ1) is 16.9. The van der Waals surface area contributed by atoms with E-state index in [4.69, 9.17) is 9.47 Å². The van der Waals surface area contributed by atoms with E-state index in [-0.39, 0.29) is 6.10 Å². The van der Waals surface area contributed by atoms with Gasteiger partial charge in [0.05, 0.1) is 18.3 Å². The van der Waals surface area contributed by atoms with Crippen LogP contribution in [0, 0.1) is 0 Å². The predicted octanol–water partition coefficient (Wildman–Crippen LogP) is 0.473. The molecule has 0 radical (unpaired) electrons. The van der Waals surface area contributed by atoms with Crippen LogP contribution in [-0.4, -0.2) is 74.3 Å². The van der Waals surface area contributed by atoms with Crippen LogP contribution in [0.2, 0.25) is 0 Å². The van der Waals surface area contributed by atoms with Crippen molar-refractivity contribution in [2.75, 3.05) is 46.5 Å². The first-order chi connectivity index (χ1) is 8.94. The zero-order chi connectivity index (χ0) is 14.3. The molecule has 1 heterocycles. The van der Waals surface area contributed by atoms with Gasteiger partial charge >= 0.3 is 0 Å². The molecule has 1 fully saturated rings. The molecule has 2 unspecified atom stereocenters. The van der Waals surface area contributed by atoms with Crippen molar-refractivity contribution in [3.05, 3.63) is 0 Å². The molecule has 0 aliphatic carbocycles. The van der Waals surface area contributed by atoms with E-state index in [1.807, 2.05) is 6.92 Å². The van der Waals surface area contributed by atoms with Crippen LogP contribution in [-0.2, 0) is 9.47 Å². The second kappa shape index (κ2) is 8.17. The van der Waals surface area contributed by atoms with Gasteiger partial charge < -0.3 is 19.9 Å². The molecule has 0 bridgehead atoms. The maximum atomic E-state index is 10.1. The topological polar surface area (TPSA) is 54.0 Å². The lowest BCUT2D eigenvalue weighted by molar-refractivity contribution is -0.0407. The number of rotatable bonds is 8. The average Bonchev–Trinajstić information content (AvgIpc) is 2.36. The summed E-state index contributed by atoms with van der Waals surface area (Å²) in [5, 5.41) is 13.4. The Morgan fingerprint density at radius 1 is 1.53 bits per heavy atom. The Morgan fingerprint density at radius 3 is 2.89 bits per heavy atom. The monoisotopic (exact) mass is 274 g/mol. The molecule has 1 rings (SSSR count). The summed E-state index contributed by atoms with van der Waals surface area (Å²) in [5.74, 6) is 0. The lowest BCUT2D eigenvalue weighted by atomic mass is 10.0. The van der Waals surface area contributed by atoms with Crippen LogP contribution in [0.3, 0.4) is 0 Å². The molecule has 0 aromatic rings. The first-order valence-corrected chi connectivity index (χ1v) is 7.22. The molecule has 0 spiro atoms. The number of methoxy groups -OCH3 is 1. The quantitative estimate of drug-likeness (QED) is 0.674. The van der Waals surface area contributed by atoms with Gasteiger partial charge in [-0.2, -0.15) is 0 Å². The number of morpholine rings is 1. The first-order valence-electron chi connectivity index (χ1n) is 7.22. The minimum Gasteiger partial charge on any atom is -0.389 e. The Morgan fingerprint density at radius 2 is 2.26 bits per heavy atom. The summed E-state index contributed by atoms with van der Waals surface area (Å²) < 4.78 is 10.7. The van der Waals surface area contributed by atoms with Gasteiger partial charge in [0.15, 0.2) is 0 Å². The molecule has 19 heavy (non-hydrogen) atoms. The number of nitrogens with one attached hydrogen (secondary N) is 1. The van der Waals surface area contributed by atoms with Gasteiger partial charge in [0.1, 0.15) is 0 Å². The average molecular weight is 274 g/mol. The van der Waals surface area contributed by atoms with E-state index in [2.05, 4.69) is 24.1 Å². The van der Waals surface area contributed by atoms with E-state index < -0.39 is 5.60 Å². The number of hydrogen-bond acceptors (Lipinski definition) is 5. The fourth-order valence-electron chi connectivity index (χ4n) is 2.25. The maximum absolute atomic E-state index is 10.1. The molecule has 2 N–H and O–H groups in total. The summed E-state index contributed by atoms with van der Waals surface area (Å²) in [6.45, 7) is 11.0. The van der Waals surface area contributed by atoms with Crippen LogP contribution >= 0.6 is 0 Å². The second-order valence-electron chi connectivity index (χ2n) is 5.95. The minimum atomic E-state index is -0.720. The van der Waals surface area contributed by atoms with E-state index in [0.717, 1.165) is 26.2 Å². The molecule has 1 aliphatic heterocycles. The van der Waals surface area contributed by atoms with Crippen LogP contribution < -0.4 is 5.32 Å². The van der Waals surface area contributed by atoms with Gasteiger partial charge in [-0.25, -0.2) is 0 Å². The van der Waals surface area contributed by atoms with Gasteiger partial charge in [-0.05, 0) is 20.8 Å². The molecular formula is C14H30N2O3. The number of aliphatic hydroxyl groups is 1. The van der Waals surface area contributed by atoms with Crippen LogP contribution in [0.4, 0.5) is 0 Å². The second-order valence-corrected chi connectivity index (χ2v) is 5.95. The van der Waals surface area contributed by atoms with Crippen molar-refractivity contribution in [2.24, 2.45) is 0 Å². The van der Waals surface area contributed by atoms with Crippen molar-refractivity contribution in [3.63, 3.8) is 0 Å². The molecule has 0 amide bonds. The summed E-state index contributed by atoms with van der Waals surface area (Å²) in [4.78, 5) is 2.43. The summed E-state index contributed by atoms with van der Waals surface area (Å²) in [6, 6.07) is 0.566. The zero-order valence-corrected chi connectivity index (χ0v) is 12.8. The van der Waals surface area contributed by atoms with E-state index in [1.165, 1.54) is 0 Å². The number of hydrogen-bond donors (Lipinski definition) is 2. The lowest BCUT2D eigenvalue weighted by Gasteiger charge is -2.36. The summed E-state index contributed by atoms with van der Waals surface area (Å²) in [6.07, 6.45) is 0.856. The summed E-state index contributed by atoms with van der Waals surface area (Å²) in [7, 11) is 1.65. The van der Waals surface area contributed by atoms with Crippen molar-refractivity contribution in [3.8, 4) is 0 Å². The Balaban J connectivity index is 2.21. The highest BCUT2D eigenvalue weighted by Crippen LogP contribution is 2.10. The lowest BCUT2D eigenvalue weighted by Crippen LogP contribution is -2.50. The van der Waals surface area contributed by atoms with Gasteiger partial charge in [0.25, 0.3) is 0 Å². The molecule has 2 atom stereocenters. The summed E-state index contributed by atoms with van der Waals surface area (Å²) >= 11 is 0. The highest BCUT2D eigenvalue weighted by atomic mass is 16.5. The molecular weight excluding hydrogens is 244 g/mol. The minimum absolute atomic E-state index is 0.217. The highest BCUT2D eigenvalue weighted by molar-refractivity contribution is 4.79. The van der Waals surface area contributed by atoms with Gasteiger partial charge in [-0.3, -0.25) is 4.90 Å². The highest BCUT2D eigenvalue weighted by Gasteiger charge is 2.24. The molecule has 0 saturated carbocycles. The molecule has 5 heteroatoms. The van der Waals surface area contributed by atoms with Gasteiger partial charge in [-0.15, -0.1) is 0 Å². The van der Waals surface area contributed by atoms with Crippen LogP contribution in [0.1, 0.15) is 27.2 Å². The predicted molar refractivity (Wildman–Crippen MR) is 76.4 cm³/mol. The fourth-order valence-corrected chi connectivity index (χ4v) is 2.25. The Kier molecular flexibility index (Phi) is 7.25. The molecule has 114 valence electrons. The Bertz CT molecular complexity index is 247. The molecule has 0 aromatic heterocycles. The van der Waals surface area contributed by atoms with Crippen LogP contribution in [0.25, 0.3) is 0 Å². The SMILES string of the molecule is COCCC(C)(O)CNCC1CN(C(C)C)CCO1. The third-order valence-corrected chi connectivity index (χ3v) is 3.62. The Hall–Kier alpha value is -0.200. The van der Waals surface area contributed by atoms with E-state index in [9.17, 15) is 5.11 Å². The normalized spacial score (nSPS) is 24.6. The summed E-state index contributed by atoms with van der Waals surface area (Å²) in [5.41, 5.74) is -0.720. The van der Waals surface area contributed by atoms with Crippen molar-refractivity contribution >= 4 is 0 Å². The van der Waals surface area contributed by atoms with E-state index >= 15 is 0 Å². The zero-order valence-electron chi connectivity index (χ0n) is 12.8. The van der Waals surface area contributed by atoms with Gasteiger partial charge in [0.2, 0.25) is 0 Å². The van der Waals surface area contributed by atoms with E-state index in [1.54, 1.807) is 7.11 Å². The van der Waals surface area contributed by atoms with Crippen LogP contribution in [0.5, 0.6) is 0 Å². The maximum Gasteiger partial charge on any atom is 0.0826 e. The standard InChI is InChI=1S/C14H30N2O3/c1-12(2)16-6-8-19-13(10-16)9-15-11-14(3,17)5-7-18-4/h12-13,15,17H,5-11H2,1-4H3. The van der Waals surface area contributed by atoms with Crippen molar-refractivity contribution in [1.82, 2.24) is 10.2 Å².